The Bertz CT molecular complexity index is 1610. The minimum atomic E-state index is -2.75. The van der Waals surface area contributed by atoms with Crippen LogP contribution >= 0.6 is 23.1 Å². The number of hydrogen-bond acceptors (Lipinski definition) is 11. The van der Waals surface area contributed by atoms with E-state index in [0.29, 0.717) is 63.9 Å². The fourth-order valence-electron chi connectivity index (χ4n) is 6.68. The highest BCUT2D eigenvalue weighted by molar-refractivity contribution is 9.10. The van der Waals surface area contributed by atoms with Crippen molar-refractivity contribution in [2.45, 2.75) is 32.2 Å². The standard InChI is InChI=1S/C33H44BrN6O5P/c1-6-22-15-26(29(43-3)16-27(22)39-11-9-23(10-12-39)40-18-21(19-40)20-42-2)37-33-35-17-24(34)32(38-33)36-25-7-8-28-30(45-14-13-44-28)31(25)46(4,5)41/h7-8,15-17,21,23H,6,9-14,18-20H2,1-5H3,(H2,35,36,37,38). The Hall–Kier alpha value is -3.05. The van der Waals surface area contributed by atoms with Gasteiger partial charge in [0.25, 0.3) is 0 Å². The molecule has 2 N–H and O–H groups in total. The highest BCUT2D eigenvalue weighted by Crippen LogP contribution is 2.47. The molecule has 2 saturated heterocycles. The second kappa shape index (κ2) is 14.0. The first-order chi connectivity index (χ1) is 22.2. The number of hydrogen-bond donors (Lipinski definition) is 2. The molecule has 13 heteroatoms. The van der Waals surface area contributed by atoms with Crippen molar-refractivity contribution in [3.8, 4) is 17.2 Å². The second-order valence-electron chi connectivity index (χ2n) is 12.5. The van der Waals surface area contributed by atoms with Crippen LogP contribution in [0.5, 0.6) is 17.2 Å². The van der Waals surface area contributed by atoms with Crippen LogP contribution < -0.4 is 35.0 Å². The number of piperidine rings is 1. The molecule has 6 rings (SSSR count). The summed E-state index contributed by atoms with van der Waals surface area (Å²) in [5.41, 5.74) is 3.90. The molecule has 3 aromatic rings. The lowest BCUT2D eigenvalue weighted by Gasteiger charge is -2.47. The van der Waals surface area contributed by atoms with Gasteiger partial charge in [-0.15, -0.1) is 0 Å². The van der Waals surface area contributed by atoms with Gasteiger partial charge in [0, 0.05) is 63.2 Å². The van der Waals surface area contributed by atoms with Gasteiger partial charge in [-0.25, -0.2) is 4.98 Å². The number of benzene rings is 2. The number of nitrogens with zero attached hydrogens (tertiary/aromatic N) is 4. The van der Waals surface area contributed by atoms with E-state index in [1.165, 1.54) is 11.3 Å². The average Bonchev–Trinajstić information content (AvgIpc) is 3.03. The first-order valence-electron chi connectivity index (χ1n) is 15.9. The first kappa shape index (κ1) is 32.9. The maximum atomic E-state index is 13.4. The normalized spacial score (nSPS) is 17.5. The summed E-state index contributed by atoms with van der Waals surface area (Å²) < 4.78 is 36.9. The molecular weight excluding hydrogens is 671 g/mol. The maximum Gasteiger partial charge on any atom is 0.229 e. The topological polar surface area (TPSA) is 110 Å². The van der Waals surface area contributed by atoms with Crippen LogP contribution in [0.4, 0.5) is 28.8 Å². The van der Waals surface area contributed by atoms with E-state index < -0.39 is 7.14 Å². The Balaban J connectivity index is 1.20. The maximum absolute atomic E-state index is 13.4. The van der Waals surface area contributed by atoms with Gasteiger partial charge in [0.05, 0.1) is 34.9 Å². The summed E-state index contributed by atoms with van der Waals surface area (Å²) in [6.07, 6.45) is 4.89. The number of likely N-dealkylation sites (tertiary alicyclic amines) is 1. The van der Waals surface area contributed by atoms with Crippen LogP contribution in [-0.4, -0.2) is 94.5 Å². The highest BCUT2D eigenvalue weighted by Gasteiger charge is 2.34. The average molecular weight is 716 g/mol. The Kier molecular flexibility index (Phi) is 9.99. The van der Waals surface area contributed by atoms with Crippen LogP contribution in [0.3, 0.4) is 0 Å². The summed E-state index contributed by atoms with van der Waals surface area (Å²) in [6.45, 7) is 11.7. The van der Waals surface area contributed by atoms with E-state index in [-0.39, 0.29) is 0 Å². The molecule has 11 nitrogen and oxygen atoms in total. The zero-order chi connectivity index (χ0) is 32.4. The lowest BCUT2D eigenvalue weighted by atomic mass is 9.93. The highest BCUT2D eigenvalue weighted by atomic mass is 79.9. The SMILES string of the molecule is CCc1cc(Nc2ncc(Br)c(Nc3ccc4c(c3P(C)(C)=O)OCCO4)n2)c(OC)cc1N1CCC(N2CC(COC)C2)CC1. The van der Waals surface area contributed by atoms with Crippen molar-refractivity contribution in [1.82, 2.24) is 14.9 Å². The van der Waals surface area contributed by atoms with Gasteiger partial charge in [0.15, 0.2) is 11.5 Å². The quantitative estimate of drug-likeness (QED) is 0.233. The summed E-state index contributed by atoms with van der Waals surface area (Å²) in [4.78, 5) is 14.4. The van der Waals surface area contributed by atoms with E-state index in [4.69, 9.17) is 23.9 Å². The smallest absolute Gasteiger partial charge is 0.229 e. The molecule has 0 bridgehead atoms. The molecule has 0 radical (unpaired) electrons. The van der Waals surface area contributed by atoms with Crippen LogP contribution in [0.2, 0.25) is 0 Å². The van der Waals surface area contributed by atoms with Gasteiger partial charge in [-0.05, 0) is 72.3 Å². The van der Waals surface area contributed by atoms with Gasteiger partial charge in [-0.3, -0.25) is 4.90 Å². The van der Waals surface area contributed by atoms with E-state index in [1.54, 1.807) is 33.7 Å². The number of aromatic nitrogens is 2. The molecular formula is C33H44BrN6O5P. The van der Waals surface area contributed by atoms with Crippen molar-refractivity contribution < 1.29 is 23.5 Å². The number of aryl methyl sites for hydroxylation is 1. The predicted molar refractivity (Wildman–Crippen MR) is 187 cm³/mol. The molecule has 0 amide bonds. The Morgan fingerprint density at radius 3 is 2.52 bits per heavy atom. The third kappa shape index (κ3) is 6.95. The zero-order valence-corrected chi connectivity index (χ0v) is 29.7. The summed E-state index contributed by atoms with van der Waals surface area (Å²) in [6, 6.07) is 8.61. The molecule has 248 valence electrons. The van der Waals surface area contributed by atoms with Crippen LogP contribution in [0.25, 0.3) is 0 Å². The summed E-state index contributed by atoms with van der Waals surface area (Å²) >= 11 is 3.58. The van der Waals surface area contributed by atoms with Gasteiger partial charge in [-0.2, -0.15) is 4.98 Å². The van der Waals surface area contributed by atoms with Crippen LogP contribution in [0.1, 0.15) is 25.3 Å². The van der Waals surface area contributed by atoms with Crippen LogP contribution in [0, 0.1) is 5.92 Å². The fraction of sp³-hybridized carbons (Fsp3) is 0.515. The molecule has 0 unspecified atom stereocenters. The van der Waals surface area contributed by atoms with E-state index in [9.17, 15) is 4.57 Å². The zero-order valence-electron chi connectivity index (χ0n) is 27.3. The molecule has 0 aliphatic carbocycles. The molecule has 46 heavy (non-hydrogen) atoms. The largest absolute Gasteiger partial charge is 0.494 e. The van der Waals surface area contributed by atoms with Gasteiger partial charge in [0.2, 0.25) is 5.95 Å². The van der Waals surface area contributed by atoms with E-state index >= 15 is 0 Å². The molecule has 1 aromatic heterocycles. The summed E-state index contributed by atoms with van der Waals surface area (Å²) in [5.74, 6) is 3.44. The molecule has 3 aliphatic heterocycles. The van der Waals surface area contributed by atoms with Crippen molar-refractivity contribution in [1.29, 1.82) is 0 Å². The minimum Gasteiger partial charge on any atom is -0.494 e. The number of rotatable bonds is 11. The molecule has 3 aliphatic rings. The number of halogens is 1. The first-order valence-corrected chi connectivity index (χ1v) is 19.3. The summed E-state index contributed by atoms with van der Waals surface area (Å²) in [7, 11) is 0.727. The van der Waals surface area contributed by atoms with Gasteiger partial charge >= 0.3 is 0 Å². The molecule has 2 fully saturated rings. The Morgan fingerprint density at radius 2 is 1.83 bits per heavy atom. The van der Waals surface area contributed by atoms with Crippen LogP contribution in [-0.2, 0) is 15.7 Å². The third-order valence-electron chi connectivity index (χ3n) is 8.96. The van der Waals surface area contributed by atoms with E-state index in [0.717, 1.165) is 63.5 Å². The predicted octanol–water partition coefficient (Wildman–Crippen LogP) is 5.86. The number of ether oxygens (including phenoxy) is 4. The van der Waals surface area contributed by atoms with E-state index in [1.807, 2.05) is 12.1 Å². The molecule has 0 saturated carbocycles. The monoisotopic (exact) mass is 714 g/mol. The molecule has 4 heterocycles. The number of fused-ring (bicyclic) bond motifs is 1. The molecule has 0 atom stereocenters. The second-order valence-corrected chi connectivity index (χ2v) is 16.5. The molecule has 2 aromatic carbocycles. The number of nitrogens with one attached hydrogen (secondary N) is 2. The Morgan fingerprint density at radius 1 is 1.07 bits per heavy atom. The van der Waals surface area contributed by atoms with Crippen molar-refractivity contribution in [3.63, 3.8) is 0 Å². The van der Waals surface area contributed by atoms with Gasteiger partial charge < -0.3 is 39.0 Å². The Labute approximate surface area is 279 Å². The van der Waals surface area contributed by atoms with Crippen LogP contribution in [0.15, 0.2) is 34.9 Å². The number of methoxy groups -OCH3 is 2. The van der Waals surface area contributed by atoms with Crippen molar-refractivity contribution in [2.75, 3.05) is 89.1 Å². The third-order valence-corrected chi connectivity index (χ3v) is 11.1. The minimum absolute atomic E-state index is 0.399. The van der Waals surface area contributed by atoms with Crippen molar-refractivity contribution in [2.24, 2.45) is 5.92 Å². The lowest BCUT2D eigenvalue weighted by molar-refractivity contribution is -0.000668. The fourth-order valence-corrected chi connectivity index (χ4v) is 8.34. The van der Waals surface area contributed by atoms with Gasteiger partial charge in [0.1, 0.15) is 31.9 Å². The van der Waals surface area contributed by atoms with Crippen molar-refractivity contribution >= 4 is 57.2 Å². The summed E-state index contributed by atoms with van der Waals surface area (Å²) in [5, 5.41) is 7.34. The lowest BCUT2D eigenvalue weighted by Crippen LogP contribution is -2.56. The molecule has 0 spiro atoms. The van der Waals surface area contributed by atoms with E-state index in [2.05, 4.69) is 60.4 Å². The van der Waals surface area contributed by atoms with Crippen molar-refractivity contribution in [3.05, 3.63) is 40.5 Å². The van der Waals surface area contributed by atoms with Gasteiger partial charge in [-0.1, -0.05) is 6.92 Å². The number of anilines is 5.